The topological polar surface area (TPSA) is 63.6 Å². The Morgan fingerprint density at radius 3 is 2.53 bits per heavy atom. The summed E-state index contributed by atoms with van der Waals surface area (Å²) in [5.41, 5.74) is -0.378. The van der Waals surface area contributed by atoms with E-state index in [-0.39, 0.29) is 11.3 Å². The Morgan fingerprint density at radius 1 is 1.35 bits per heavy atom. The molecule has 1 aliphatic heterocycles. The maximum Gasteiger partial charge on any atom is 0.321 e. The molecule has 1 heterocycles. The lowest BCUT2D eigenvalue weighted by Gasteiger charge is -2.64. The van der Waals surface area contributed by atoms with Crippen molar-refractivity contribution in [3.05, 3.63) is 0 Å². The van der Waals surface area contributed by atoms with E-state index in [4.69, 9.17) is 9.84 Å². The van der Waals surface area contributed by atoms with Crippen LogP contribution < -0.4 is 0 Å². The first-order valence-corrected chi connectivity index (χ1v) is 6.24. The first-order valence-electron chi connectivity index (χ1n) is 6.24. The fraction of sp³-hybridized carbons (Fsp3) is 0.846. The molecule has 0 aromatic carbocycles. The van der Waals surface area contributed by atoms with Gasteiger partial charge in [-0.15, -0.1) is 0 Å². The summed E-state index contributed by atoms with van der Waals surface area (Å²) in [6.45, 7) is 6.34. The monoisotopic (exact) mass is 238 g/mol. The molecule has 0 amide bonds. The van der Waals surface area contributed by atoms with Crippen molar-refractivity contribution in [2.45, 2.75) is 39.2 Å². The van der Waals surface area contributed by atoms with Crippen LogP contribution in [0.1, 0.15) is 33.6 Å². The highest BCUT2D eigenvalue weighted by atomic mass is 16.6. The molecule has 4 aliphatic rings. The number of hydrogen-bond acceptors (Lipinski definition) is 3. The molecule has 4 nitrogen and oxygen atoms in total. The van der Waals surface area contributed by atoms with Crippen molar-refractivity contribution in [3.8, 4) is 0 Å². The smallest absolute Gasteiger partial charge is 0.321 e. The first kappa shape index (κ1) is 11.1. The van der Waals surface area contributed by atoms with E-state index in [1.54, 1.807) is 0 Å². The molecule has 1 N–H and O–H groups in total. The second kappa shape index (κ2) is 2.85. The normalized spacial score (nSPS) is 50.2. The van der Waals surface area contributed by atoms with Gasteiger partial charge in [0.05, 0.1) is 0 Å². The van der Waals surface area contributed by atoms with Gasteiger partial charge in [0.15, 0.2) is 5.92 Å². The van der Waals surface area contributed by atoms with Crippen LogP contribution in [0.25, 0.3) is 0 Å². The molecule has 1 unspecified atom stereocenters. The van der Waals surface area contributed by atoms with E-state index < -0.39 is 23.5 Å². The summed E-state index contributed by atoms with van der Waals surface area (Å²) < 4.78 is 5.49. The number of hydrogen-bond donors (Lipinski definition) is 1. The van der Waals surface area contributed by atoms with Gasteiger partial charge in [-0.25, -0.2) is 0 Å². The number of aliphatic carboxylic acids is 1. The number of rotatable bonds is 1. The number of esters is 1. The highest BCUT2D eigenvalue weighted by Crippen LogP contribution is 2.68. The minimum Gasteiger partial charge on any atom is -0.481 e. The number of carbonyl (C=O) groups excluding carboxylic acids is 1. The molecule has 1 saturated heterocycles. The van der Waals surface area contributed by atoms with Crippen molar-refractivity contribution < 1.29 is 19.4 Å². The fourth-order valence-corrected chi connectivity index (χ4v) is 4.52. The third-order valence-corrected chi connectivity index (χ3v) is 5.68. The maximum absolute atomic E-state index is 11.8. The Kier molecular flexibility index (Phi) is 1.85. The third-order valence-electron chi connectivity index (χ3n) is 5.68. The summed E-state index contributed by atoms with van der Waals surface area (Å²) >= 11 is 0. The third kappa shape index (κ3) is 1.09. The van der Waals surface area contributed by atoms with E-state index in [1.807, 2.05) is 6.92 Å². The predicted molar refractivity (Wildman–Crippen MR) is 59.1 cm³/mol. The molecule has 0 radical (unpaired) electrons. The zero-order valence-corrected chi connectivity index (χ0v) is 10.4. The summed E-state index contributed by atoms with van der Waals surface area (Å²) in [5, 5.41) is 9.17. The van der Waals surface area contributed by atoms with Gasteiger partial charge in [0, 0.05) is 11.8 Å². The Bertz CT molecular complexity index is 414. The quantitative estimate of drug-likeness (QED) is 0.557. The molecule has 2 bridgehead atoms. The molecule has 4 heteroatoms. The van der Waals surface area contributed by atoms with Crippen LogP contribution in [0, 0.1) is 29.1 Å². The van der Waals surface area contributed by atoms with Gasteiger partial charge in [0.1, 0.15) is 5.60 Å². The van der Waals surface area contributed by atoms with Crippen LogP contribution in [0.15, 0.2) is 0 Å². The largest absolute Gasteiger partial charge is 0.481 e. The molecule has 3 saturated carbocycles. The van der Waals surface area contributed by atoms with Crippen LogP contribution >= 0.6 is 0 Å². The number of carboxylic acid groups (broad SMARTS) is 1. The number of carbonyl (C=O) groups is 2. The van der Waals surface area contributed by atoms with Gasteiger partial charge in [0.2, 0.25) is 0 Å². The predicted octanol–water partition coefficient (Wildman–Crippen LogP) is 1.68. The lowest BCUT2D eigenvalue weighted by Crippen LogP contribution is -2.64. The van der Waals surface area contributed by atoms with E-state index in [1.165, 1.54) is 0 Å². The number of ether oxygens (including phenoxy) is 1. The molecular formula is C13H18O4. The molecule has 4 rings (SSSR count). The summed E-state index contributed by atoms with van der Waals surface area (Å²) in [7, 11) is 0. The second-order valence-electron chi connectivity index (χ2n) is 6.57. The van der Waals surface area contributed by atoms with Gasteiger partial charge >= 0.3 is 11.9 Å². The summed E-state index contributed by atoms with van der Waals surface area (Å²) in [6, 6.07) is 0. The van der Waals surface area contributed by atoms with E-state index in [0.29, 0.717) is 11.8 Å². The summed E-state index contributed by atoms with van der Waals surface area (Å²) in [6.07, 6.45) is 1.88. The van der Waals surface area contributed by atoms with Crippen molar-refractivity contribution in [3.63, 3.8) is 0 Å². The van der Waals surface area contributed by atoms with Crippen molar-refractivity contribution in [2.24, 2.45) is 29.1 Å². The van der Waals surface area contributed by atoms with E-state index in [0.717, 1.165) is 12.8 Å². The van der Waals surface area contributed by atoms with Gasteiger partial charge in [0.25, 0.3) is 0 Å². The van der Waals surface area contributed by atoms with Gasteiger partial charge in [-0.1, -0.05) is 13.8 Å². The molecule has 17 heavy (non-hydrogen) atoms. The second-order valence-corrected chi connectivity index (χ2v) is 6.57. The van der Waals surface area contributed by atoms with E-state index in [9.17, 15) is 9.59 Å². The van der Waals surface area contributed by atoms with Crippen LogP contribution in [0.3, 0.4) is 0 Å². The molecule has 5 atom stereocenters. The average molecular weight is 238 g/mol. The van der Waals surface area contributed by atoms with Crippen LogP contribution in [0.4, 0.5) is 0 Å². The van der Waals surface area contributed by atoms with Crippen molar-refractivity contribution >= 4 is 11.9 Å². The van der Waals surface area contributed by atoms with Crippen molar-refractivity contribution in [2.75, 3.05) is 0 Å². The summed E-state index contributed by atoms with van der Waals surface area (Å²) in [5.74, 6) is -1.78. The minimum atomic E-state index is -1.03. The lowest BCUT2D eigenvalue weighted by molar-refractivity contribution is -0.216. The number of carboxylic acids is 1. The van der Waals surface area contributed by atoms with Gasteiger partial charge in [-0.05, 0) is 31.1 Å². The van der Waals surface area contributed by atoms with Gasteiger partial charge < -0.3 is 9.84 Å². The Balaban J connectivity index is 2.00. The lowest BCUT2D eigenvalue weighted by atomic mass is 9.41. The van der Waals surface area contributed by atoms with Crippen molar-refractivity contribution in [1.82, 2.24) is 0 Å². The maximum atomic E-state index is 11.8. The molecule has 4 fully saturated rings. The Hall–Kier alpha value is -1.06. The van der Waals surface area contributed by atoms with Gasteiger partial charge in [-0.2, -0.15) is 0 Å². The Labute approximate surface area is 100 Å². The first-order chi connectivity index (χ1) is 7.78. The van der Waals surface area contributed by atoms with Crippen molar-refractivity contribution in [1.29, 1.82) is 0 Å². The van der Waals surface area contributed by atoms with Crippen LogP contribution in [-0.4, -0.2) is 22.6 Å². The SMILES string of the molecule is CC1(C)[C@@H]2C[C@@H]3C(C(=O)O)C(=O)O[C@]3(C)[C@H]1C2. The minimum absolute atomic E-state index is 0.135. The highest BCUT2D eigenvalue weighted by Gasteiger charge is 2.71. The molecule has 94 valence electrons. The molecule has 3 aliphatic carbocycles. The fourth-order valence-electron chi connectivity index (χ4n) is 4.52. The summed E-state index contributed by atoms with van der Waals surface area (Å²) in [4.78, 5) is 23.0. The zero-order valence-electron chi connectivity index (χ0n) is 10.4. The van der Waals surface area contributed by atoms with Crippen LogP contribution in [-0.2, 0) is 14.3 Å². The van der Waals surface area contributed by atoms with E-state index in [2.05, 4.69) is 13.8 Å². The zero-order chi connectivity index (χ0) is 12.6. The molecule has 0 spiro atoms. The van der Waals surface area contributed by atoms with Crippen LogP contribution in [0.5, 0.6) is 0 Å². The molecule has 0 aromatic rings. The van der Waals surface area contributed by atoms with E-state index >= 15 is 0 Å². The standard InChI is InChI=1S/C13H18O4/c1-12(2)6-4-7-9(10(14)15)11(16)17-13(7,3)8(12)5-6/h6-9H,4-5H2,1-3H3,(H,14,15)/t6-,7-,8+,9?,13+/m1/s1. The average Bonchev–Trinajstić information content (AvgIpc) is 2.46. The molecule has 0 aromatic heterocycles. The highest BCUT2D eigenvalue weighted by molar-refractivity contribution is 5.96. The molecular weight excluding hydrogens is 220 g/mol. The van der Waals surface area contributed by atoms with Crippen LogP contribution in [0.2, 0.25) is 0 Å². The van der Waals surface area contributed by atoms with Gasteiger partial charge in [-0.3, -0.25) is 9.59 Å². The Morgan fingerprint density at radius 2 is 2.00 bits per heavy atom.